The van der Waals surface area contributed by atoms with E-state index in [0.29, 0.717) is 35.1 Å². The first-order valence-electron chi connectivity index (χ1n) is 9.76. The van der Waals surface area contributed by atoms with Crippen LogP contribution in [0.3, 0.4) is 0 Å². The van der Waals surface area contributed by atoms with Gasteiger partial charge in [0.25, 0.3) is 5.91 Å². The summed E-state index contributed by atoms with van der Waals surface area (Å²) in [7, 11) is -3.32. The van der Waals surface area contributed by atoms with Gasteiger partial charge in [-0.2, -0.15) is 0 Å². The molecule has 0 radical (unpaired) electrons. The highest BCUT2D eigenvalue weighted by atomic mass is 32.2. The summed E-state index contributed by atoms with van der Waals surface area (Å²) >= 11 is 0. The molecule has 3 aliphatic rings. The van der Waals surface area contributed by atoms with E-state index in [4.69, 9.17) is 4.42 Å². The normalized spacial score (nSPS) is 25.0. The lowest BCUT2D eigenvalue weighted by Gasteiger charge is -2.35. The van der Waals surface area contributed by atoms with Crippen LogP contribution in [0.2, 0.25) is 0 Å². The molecule has 0 bridgehead atoms. The molecule has 3 aliphatic carbocycles. The Kier molecular flexibility index (Phi) is 3.93. The van der Waals surface area contributed by atoms with Crippen LogP contribution in [-0.4, -0.2) is 25.6 Å². The number of sulfone groups is 1. The van der Waals surface area contributed by atoms with Crippen LogP contribution in [0.5, 0.6) is 0 Å². The number of amides is 1. The monoisotopic (exact) mass is 385 g/mol. The van der Waals surface area contributed by atoms with Gasteiger partial charge >= 0.3 is 0 Å². The Hall–Kier alpha value is -2.08. The molecule has 27 heavy (non-hydrogen) atoms. The van der Waals surface area contributed by atoms with Crippen molar-refractivity contribution in [3.05, 3.63) is 53.5 Å². The Labute approximate surface area is 159 Å². The Morgan fingerprint density at radius 1 is 1.00 bits per heavy atom. The van der Waals surface area contributed by atoms with Crippen molar-refractivity contribution in [3.8, 4) is 0 Å². The summed E-state index contributed by atoms with van der Waals surface area (Å²) in [4.78, 5) is 13.1. The van der Waals surface area contributed by atoms with Crippen LogP contribution < -0.4 is 5.32 Å². The van der Waals surface area contributed by atoms with Gasteiger partial charge in [-0.1, -0.05) is 18.2 Å². The second-order valence-corrected chi connectivity index (χ2v) is 10.3. The van der Waals surface area contributed by atoms with E-state index < -0.39 is 15.1 Å². The Morgan fingerprint density at radius 2 is 1.67 bits per heavy atom. The summed E-state index contributed by atoms with van der Waals surface area (Å²) in [5.74, 6) is 2.52. The van der Waals surface area contributed by atoms with Gasteiger partial charge in [0.1, 0.15) is 11.5 Å². The molecule has 0 atom stereocenters. The Balaban J connectivity index is 1.25. The van der Waals surface area contributed by atoms with Gasteiger partial charge in [-0.15, -0.1) is 0 Å². The molecule has 2 aromatic rings. The maximum absolute atomic E-state index is 12.8. The minimum Gasteiger partial charge on any atom is -0.465 e. The van der Waals surface area contributed by atoms with Crippen LogP contribution in [0.1, 0.15) is 72.2 Å². The first kappa shape index (κ1) is 17.0. The molecule has 3 fully saturated rings. The van der Waals surface area contributed by atoms with Gasteiger partial charge in [0.15, 0.2) is 9.84 Å². The zero-order valence-corrected chi connectivity index (χ0v) is 15.9. The average Bonchev–Trinajstić information content (AvgIpc) is 3.56. The first-order valence-corrected chi connectivity index (χ1v) is 11.3. The predicted molar refractivity (Wildman–Crippen MR) is 101 cm³/mol. The molecule has 5 nitrogen and oxygen atoms in total. The van der Waals surface area contributed by atoms with E-state index >= 15 is 0 Å². The van der Waals surface area contributed by atoms with Crippen molar-refractivity contribution >= 4 is 15.7 Å². The van der Waals surface area contributed by atoms with Gasteiger partial charge in [0.05, 0.1) is 15.7 Å². The smallest absolute Gasteiger partial charge is 0.255 e. The van der Waals surface area contributed by atoms with Crippen LogP contribution in [0.4, 0.5) is 0 Å². The highest BCUT2D eigenvalue weighted by Crippen LogP contribution is 2.47. The van der Waals surface area contributed by atoms with Crippen molar-refractivity contribution in [2.75, 3.05) is 0 Å². The topological polar surface area (TPSA) is 76.4 Å². The number of hydrogen-bond donors (Lipinski definition) is 1. The molecule has 1 N–H and O–H groups in total. The second kappa shape index (κ2) is 6.23. The number of carbonyl (C=O) groups is 1. The van der Waals surface area contributed by atoms with E-state index in [2.05, 4.69) is 5.32 Å². The molecule has 142 valence electrons. The number of rotatable bonds is 6. The highest BCUT2D eigenvalue weighted by Gasteiger charge is 2.41. The lowest BCUT2D eigenvalue weighted by Crippen LogP contribution is -2.49. The largest absolute Gasteiger partial charge is 0.465 e. The van der Waals surface area contributed by atoms with E-state index in [0.717, 1.165) is 37.2 Å². The van der Waals surface area contributed by atoms with Crippen molar-refractivity contribution in [1.29, 1.82) is 0 Å². The molecule has 0 aliphatic heterocycles. The fraction of sp³-hybridized carbons (Fsp3) is 0.476. The summed E-state index contributed by atoms with van der Waals surface area (Å²) in [6.45, 7) is 0. The zero-order valence-electron chi connectivity index (χ0n) is 15.1. The van der Waals surface area contributed by atoms with E-state index in [-0.39, 0.29) is 11.9 Å². The predicted octanol–water partition coefficient (Wildman–Crippen LogP) is 3.77. The van der Waals surface area contributed by atoms with Gasteiger partial charge in [-0.3, -0.25) is 4.79 Å². The van der Waals surface area contributed by atoms with Crippen molar-refractivity contribution in [2.24, 2.45) is 0 Å². The molecule has 1 amide bonds. The fourth-order valence-electron chi connectivity index (χ4n) is 3.82. The quantitative estimate of drug-likeness (QED) is 0.821. The summed E-state index contributed by atoms with van der Waals surface area (Å²) < 4.78 is 31.2. The summed E-state index contributed by atoms with van der Waals surface area (Å²) in [5, 5.41) is 2.60. The third-order valence-corrected chi connectivity index (χ3v) is 8.08. The maximum atomic E-state index is 12.8. The molecular formula is C21H23NO4S. The molecule has 1 heterocycles. The van der Waals surface area contributed by atoms with Crippen LogP contribution in [0, 0.1) is 0 Å². The molecule has 3 saturated carbocycles. The Morgan fingerprint density at radius 3 is 2.30 bits per heavy atom. The number of carbonyl (C=O) groups excluding carboxylic acids is 1. The lowest BCUT2D eigenvalue weighted by molar-refractivity contribution is 0.0915. The van der Waals surface area contributed by atoms with E-state index in [1.54, 1.807) is 30.3 Å². The third-order valence-electron chi connectivity index (χ3n) is 5.89. The van der Waals surface area contributed by atoms with E-state index in [1.165, 1.54) is 0 Å². The van der Waals surface area contributed by atoms with Gasteiger partial charge in [-0.25, -0.2) is 8.42 Å². The SMILES string of the molecule is O=C(NC1CC(S(=O)(=O)c2ccccc2)C1)c1cc(C2CC2)oc1C1CC1. The summed E-state index contributed by atoms with van der Waals surface area (Å²) in [6.07, 6.45) is 5.38. The van der Waals surface area contributed by atoms with E-state index in [1.807, 2.05) is 6.07 Å². The molecule has 0 spiro atoms. The minimum atomic E-state index is -3.32. The molecule has 1 aromatic carbocycles. The minimum absolute atomic E-state index is 0.0904. The third kappa shape index (κ3) is 3.20. The van der Waals surface area contributed by atoms with Gasteiger partial charge in [0, 0.05) is 17.9 Å². The van der Waals surface area contributed by atoms with Crippen LogP contribution in [-0.2, 0) is 9.84 Å². The standard InChI is InChI=1S/C21H23NO4S/c23-21(18-12-19(13-6-7-13)26-20(18)14-8-9-14)22-15-10-17(11-15)27(24,25)16-4-2-1-3-5-16/h1-5,12-15,17H,6-11H2,(H,22,23). The first-order chi connectivity index (χ1) is 13.0. The van der Waals surface area contributed by atoms with Gasteiger partial charge < -0.3 is 9.73 Å². The average molecular weight is 385 g/mol. The van der Waals surface area contributed by atoms with E-state index in [9.17, 15) is 13.2 Å². The second-order valence-electron chi connectivity index (χ2n) is 8.10. The number of nitrogens with one attached hydrogen (secondary N) is 1. The summed E-state index contributed by atoms with van der Waals surface area (Å²) in [5.41, 5.74) is 0.661. The van der Waals surface area contributed by atoms with Crippen molar-refractivity contribution in [1.82, 2.24) is 5.32 Å². The van der Waals surface area contributed by atoms with Crippen molar-refractivity contribution < 1.29 is 17.6 Å². The van der Waals surface area contributed by atoms with Gasteiger partial charge in [0.2, 0.25) is 0 Å². The van der Waals surface area contributed by atoms with Crippen molar-refractivity contribution in [3.63, 3.8) is 0 Å². The van der Waals surface area contributed by atoms with Crippen molar-refractivity contribution in [2.45, 2.75) is 66.5 Å². The molecule has 6 heteroatoms. The molecule has 0 unspecified atom stereocenters. The summed E-state index contributed by atoms with van der Waals surface area (Å²) in [6, 6.07) is 10.4. The maximum Gasteiger partial charge on any atom is 0.255 e. The molecule has 0 saturated heterocycles. The molecule has 1 aromatic heterocycles. The lowest BCUT2D eigenvalue weighted by atomic mass is 9.92. The molecule has 5 rings (SSSR count). The number of furan rings is 1. The van der Waals surface area contributed by atoms with Gasteiger partial charge in [-0.05, 0) is 56.7 Å². The number of hydrogen-bond acceptors (Lipinski definition) is 4. The Bertz CT molecular complexity index is 965. The molecular weight excluding hydrogens is 362 g/mol. The van der Waals surface area contributed by atoms with Crippen LogP contribution in [0.15, 0.2) is 45.7 Å². The fourth-order valence-corrected chi connectivity index (χ4v) is 5.72. The number of benzene rings is 1. The zero-order chi connectivity index (χ0) is 18.6. The van der Waals surface area contributed by atoms with Crippen LogP contribution in [0.25, 0.3) is 0 Å². The highest BCUT2D eigenvalue weighted by molar-refractivity contribution is 7.92. The van der Waals surface area contributed by atoms with Crippen LogP contribution >= 0.6 is 0 Å².